The summed E-state index contributed by atoms with van der Waals surface area (Å²) in [6.45, 7) is 1.06. The molecule has 30 heavy (non-hydrogen) atoms. The first-order chi connectivity index (χ1) is 14.4. The Bertz CT molecular complexity index is 1120. The van der Waals surface area contributed by atoms with Crippen molar-refractivity contribution in [1.82, 2.24) is 0 Å². The zero-order valence-electron chi connectivity index (χ0n) is 16.7. The van der Waals surface area contributed by atoms with Crippen LogP contribution in [0.25, 0.3) is 16.8 Å². The maximum Gasteiger partial charge on any atom is 0.331 e. The highest BCUT2D eigenvalue weighted by molar-refractivity contribution is 5.97. The number of carbonyl (C=O) groups excluding carboxylic acids is 3. The maximum atomic E-state index is 11.9. The number of Topliss-reactive ketones (excluding diaryl/α,β-unsaturated/α-hetero) is 1. The molecule has 0 bridgehead atoms. The average Bonchev–Trinajstić information content (AvgIpc) is 2.76. The smallest absolute Gasteiger partial charge is 0.331 e. The number of fused-ring (bicyclic) bond motifs is 1. The molecule has 0 saturated heterocycles. The van der Waals surface area contributed by atoms with E-state index in [9.17, 15) is 14.4 Å². The Hall–Kier alpha value is -3.93. The Morgan fingerprint density at radius 2 is 1.63 bits per heavy atom. The molecule has 0 saturated carbocycles. The molecule has 3 rings (SSSR count). The van der Waals surface area contributed by atoms with Crippen molar-refractivity contribution in [2.24, 2.45) is 0 Å². The van der Waals surface area contributed by atoms with E-state index in [1.54, 1.807) is 37.5 Å². The molecule has 0 unspecified atom stereocenters. The molecule has 0 radical (unpaired) electrons. The van der Waals surface area contributed by atoms with Crippen LogP contribution < -0.4 is 10.1 Å². The van der Waals surface area contributed by atoms with Crippen molar-refractivity contribution in [2.75, 3.05) is 19.0 Å². The highest BCUT2D eigenvalue weighted by atomic mass is 16.5. The number of nitrogens with one attached hydrogen (secondary N) is 1. The zero-order chi connectivity index (χ0) is 21.5. The highest BCUT2D eigenvalue weighted by Gasteiger charge is 2.07. The Morgan fingerprint density at radius 1 is 0.933 bits per heavy atom. The molecular formula is C24H21NO5. The topological polar surface area (TPSA) is 81.7 Å². The van der Waals surface area contributed by atoms with Crippen LogP contribution in [0.2, 0.25) is 0 Å². The molecule has 1 amide bonds. The van der Waals surface area contributed by atoms with Crippen LogP contribution in [0, 0.1) is 0 Å². The minimum absolute atomic E-state index is 0.0558. The quantitative estimate of drug-likeness (QED) is 0.362. The Labute approximate surface area is 174 Å². The molecule has 0 aliphatic rings. The molecule has 0 aliphatic heterocycles. The van der Waals surface area contributed by atoms with Gasteiger partial charge in [-0.25, -0.2) is 4.79 Å². The molecule has 1 N–H and O–H groups in total. The second-order valence-electron chi connectivity index (χ2n) is 6.60. The van der Waals surface area contributed by atoms with Crippen LogP contribution in [0.4, 0.5) is 5.69 Å². The number of ether oxygens (including phenoxy) is 2. The van der Waals surface area contributed by atoms with Gasteiger partial charge < -0.3 is 14.8 Å². The van der Waals surface area contributed by atoms with Crippen LogP contribution in [0.5, 0.6) is 5.75 Å². The summed E-state index contributed by atoms with van der Waals surface area (Å²) in [7, 11) is 1.62. The van der Waals surface area contributed by atoms with Crippen molar-refractivity contribution in [3.63, 3.8) is 0 Å². The normalized spacial score (nSPS) is 10.7. The van der Waals surface area contributed by atoms with Crippen LogP contribution in [0.1, 0.15) is 22.8 Å². The van der Waals surface area contributed by atoms with Crippen LogP contribution in [0.3, 0.4) is 0 Å². The Morgan fingerprint density at radius 3 is 2.33 bits per heavy atom. The molecule has 0 atom stereocenters. The fourth-order valence-electron chi connectivity index (χ4n) is 2.81. The number of amides is 1. The second kappa shape index (κ2) is 9.52. The first-order valence-corrected chi connectivity index (χ1v) is 9.28. The van der Waals surface area contributed by atoms with Gasteiger partial charge in [-0.3, -0.25) is 9.59 Å². The first-order valence-electron chi connectivity index (χ1n) is 9.28. The number of hydrogen-bond donors (Lipinski definition) is 1. The monoisotopic (exact) mass is 403 g/mol. The number of hydrogen-bond acceptors (Lipinski definition) is 5. The highest BCUT2D eigenvalue weighted by Crippen LogP contribution is 2.22. The predicted octanol–water partition coefficient (Wildman–Crippen LogP) is 4.25. The van der Waals surface area contributed by atoms with Crippen molar-refractivity contribution in [3.05, 3.63) is 77.9 Å². The number of carbonyl (C=O) groups is 3. The van der Waals surface area contributed by atoms with Gasteiger partial charge in [0.1, 0.15) is 5.75 Å². The van der Waals surface area contributed by atoms with Gasteiger partial charge >= 0.3 is 5.97 Å². The van der Waals surface area contributed by atoms with Crippen molar-refractivity contribution in [1.29, 1.82) is 0 Å². The van der Waals surface area contributed by atoms with Crippen LogP contribution >= 0.6 is 0 Å². The third-order valence-electron chi connectivity index (χ3n) is 4.40. The maximum absolute atomic E-state index is 11.9. The summed E-state index contributed by atoms with van der Waals surface area (Å²) in [5.74, 6) is -0.360. The first kappa shape index (κ1) is 20.8. The van der Waals surface area contributed by atoms with E-state index in [1.807, 2.05) is 36.4 Å². The molecule has 3 aromatic rings. The van der Waals surface area contributed by atoms with Gasteiger partial charge in [0, 0.05) is 17.3 Å². The lowest BCUT2D eigenvalue weighted by atomic mass is 10.1. The molecule has 0 fully saturated rings. The molecular weight excluding hydrogens is 382 g/mol. The summed E-state index contributed by atoms with van der Waals surface area (Å²) < 4.78 is 10.2. The molecule has 0 heterocycles. The summed E-state index contributed by atoms with van der Waals surface area (Å²) in [4.78, 5) is 35.1. The lowest BCUT2D eigenvalue weighted by molar-refractivity contribution is -0.142. The summed E-state index contributed by atoms with van der Waals surface area (Å²) >= 11 is 0. The van der Waals surface area contributed by atoms with Gasteiger partial charge in [0.2, 0.25) is 0 Å². The standard InChI is InChI=1S/C24H21NO5/c1-16(26)18-6-9-21(10-7-18)25-23(27)15-30-24(28)12-4-17-3-5-20-14-22(29-2)11-8-19(20)13-17/h3-14H,15H2,1-2H3,(H,25,27)/b12-4+. The molecule has 152 valence electrons. The van der Waals surface area contributed by atoms with Gasteiger partial charge in [0.05, 0.1) is 7.11 Å². The third kappa shape index (κ3) is 5.54. The van der Waals surface area contributed by atoms with Gasteiger partial charge in [-0.1, -0.05) is 18.2 Å². The van der Waals surface area contributed by atoms with E-state index >= 15 is 0 Å². The van der Waals surface area contributed by atoms with Gasteiger partial charge in [0.15, 0.2) is 12.4 Å². The van der Waals surface area contributed by atoms with Gasteiger partial charge in [-0.05, 0) is 71.8 Å². The van der Waals surface area contributed by atoms with E-state index in [1.165, 1.54) is 13.0 Å². The van der Waals surface area contributed by atoms with E-state index in [0.717, 1.165) is 22.1 Å². The molecule has 0 aliphatic carbocycles. The van der Waals surface area contributed by atoms with Crippen LogP contribution in [-0.2, 0) is 14.3 Å². The van der Waals surface area contributed by atoms with Crippen molar-refractivity contribution in [3.8, 4) is 5.75 Å². The Kier molecular flexibility index (Phi) is 6.60. The molecule has 6 heteroatoms. The number of ketones is 1. The molecule has 3 aromatic carbocycles. The predicted molar refractivity (Wildman–Crippen MR) is 116 cm³/mol. The van der Waals surface area contributed by atoms with Gasteiger partial charge in [0.25, 0.3) is 5.91 Å². The third-order valence-corrected chi connectivity index (χ3v) is 4.40. The van der Waals surface area contributed by atoms with Gasteiger partial charge in [-0.15, -0.1) is 0 Å². The largest absolute Gasteiger partial charge is 0.497 e. The van der Waals surface area contributed by atoms with E-state index in [4.69, 9.17) is 9.47 Å². The fourth-order valence-corrected chi connectivity index (χ4v) is 2.81. The lowest BCUT2D eigenvalue weighted by Gasteiger charge is -2.06. The second-order valence-corrected chi connectivity index (χ2v) is 6.60. The average molecular weight is 403 g/mol. The van der Waals surface area contributed by atoms with E-state index in [2.05, 4.69) is 5.32 Å². The summed E-state index contributed by atoms with van der Waals surface area (Å²) in [6.07, 6.45) is 2.91. The van der Waals surface area contributed by atoms with E-state index < -0.39 is 18.5 Å². The molecule has 0 aromatic heterocycles. The molecule has 0 spiro atoms. The van der Waals surface area contributed by atoms with Crippen LogP contribution in [0.15, 0.2) is 66.7 Å². The SMILES string of the molecule is COc1ccc2cc(/C=C/C(=O)OCC(=O)Nc3ccc(C(C)=O)cc3)ccc2c1. The summed E-state index contributed by atoms with van der Waals surface area (Å²) in [6, 6.07) is 18.0. The van der Waals surface area contributed by atoms with Crippen molar-refractivity contribution < 1.29 is 23.9 Å². The van der Waals surface area contributed by atoms with Crippen molar-refractivity contribution >= 4 is 40.2 Å². The van der Waals surface area contributed by atoms with Crippen molar-refractivity contribution in [2.45, 2.75) is 6.92 Å². The zero-order valence-corrected chi connectivity index (χ0v) is 16.7. The van der Waals surface area contributed by atoms with E-state index in [0.29, 0.717) is 11.3 Å². The summed E-state index contributed by atoms with van der Waals surface area (Å²) in [5.41, 5.74) is 1.90. The number of benzene rings is 3. The number of esters is 1. The van der Waals surface area contributed by atoms with E-state index in [-0.39, 0.29) is 5.78 Å². The fraction of sp³-hybridized carbons (Fsp3) is 0.125. The lowest BCUT2D eigenvalue weighted by Crippen LogP contribution is -2.20. The van der Waals surface area contributed by atoms with Gasteiger partial charge in [-0.2, -0.15) is 0 Å². The minimum Gasteiger partial charge on any atom is -0.497 e. The minimum atomic E-state index is -0.619. The van der Waals surface area contributed by atoms with Crippen LogP contribution in [-0.4, -0.2) is 31.4 Å². The summed E-state index contributed by atoms with van der Waals surface area (Å²) in [5, 5.41) is 4.65. The Balaban J connectivity index is 1.52. The molecule has 6 nitrogen and oxygen atoms in total. The number of methoxy groups -OCH3 is 1. The number of rotatable bonds is 7. The number of anilines is 1.